The van der Waals surface area contributed by atoms with Crippen molar-refractivity contribution < 1.29 is 85.2 Å². The Morgan fingerprint density at radius 1 is 0.670 bits per heavy atom. The molecule has 6 N–H and O–H groups in total. The van der Waals surface area contributed by atoms with E-state index in [0.29, 0.717) is 117 Å². The fraction of sp³-hybridized carbons (Fsp3) is 0.440. The van der Waals surface area contributed by atoms with Gasteiger partial charge in [0.25, 0.3) is 11.1 Å². The molecule has 4 aromatic heterocycles. The summed E-state index contributed by atoms with van der Waals surface area (Å²) in [4.78, 5) is 137. The summed E-state index contributed by atoms with van der Waals surface area (Å²) in [7, 11) is 7.11. The van der Waals surface area contributed by atoms with E-state index in [4.69, 9.17) is 33.7 Å². The quantitative estimate of drug-likeness (QED) is 0.0162. The second kappa shape index (κ2) is 31.9. The smallest absolute Gasteiger partial charge is 0.411 e. The molecule has 0 aliphatic carbocycles. The number of quaternary nitrogens is 2. The molecule has 0 unspecified atom stereocenters. The van der Waals surface area contributed by atoms with Crippen LogP contribution in [-0.2, 0) is 100 Å². The van der Waals surface area contributed by atoms with E-state index in [0.717, 1.165) is 64.5 Å². The highest BCUT2D eigenvalue weighted by atomic mass is 19.1. The van der Waals surface area contributed by atoms with Crippen molar-refractivity contribution in [2.45, 2.75) is 143 Å². The molecule has 608 valence electrons. The number of aromatic nitrogens is 4. The Kier molecular flexibility index (Phi) is 22.8. The van der Waals surface area contributed by atoms with Crippen molar-refractivity contribution in [3.05, 3.63) is 179 Å². The second-order valence-electron chi connectivity index (χ2n) is 32.4. The first kappa shape index (κ1) is 81.9. The monoisotopic (exact) mass is 1580 g/mol. The van der Waals surface area contributed by atoms with E-state index in [1.54, 1.807) is 99.2 Å². The minimum absolute atomic E-state index is 0.0118. The minimum atomic E-state index is -2.02. The van der Waals surface area contributed by atoms with E-state index in [1.807, 2.05) is 18.2 Å². The number of amides is 5. The highest BCUT2D eigenvalue weighted by molar-refractivity contribution is 5.98. The van der Waals surface area contributed by atoms with Crippen molar-refractivity contribution in [1.82, 2.24) is 49.8 Å². The van der Waals surface area contributed by atoms with Gasteiger partial charge in [0.15, 0.2) is 34.3 Å². The van der Waals surface area contributed by atoms with Gasteiger partial charge in [-0.15, -0.1) is 0 Å². The third kappa shape index (κ3) is 16.4. The van der Waals surface area contributed by atoms with Crippen LogP contribution in [0.3, 0.4) is 0 Å². The Bertz CT molecular complexity index is 5370. The number of carbonyl (C=O) groups is 7. The zero-order valence-electron chi connectivity index (χ0n) is 66.9. The molecule has 6 aliphatic heterocycles. The number of pyridine rings is 4. The molecule has 0 radical (unpaired) electrons. The maximum atomic E-state index is 15.4. The molecule has 10 heterocycles. The maximum absolute atomic E-state index is 15.4. The van der Waals surface area contributed by atoms with E-state index in [-0.39, 0.29) is 72.9 Å². The van der Waals surface area contributed by atoms with Crippen LogP contribution < -0.4 is 41.9 Å². The van der Waals surface area contributed by atoms with Gasteiger partial charge < -0.3 is 73.3 Å². The predicted octanol–water partition coefficient (Wildman–Crippen LogP) is 6.51. The van der Waals surface area contributed by atoms with Crippen LogP contribution in [0.25, 0.3) is 44.6 Å². The Morgan fingerprint density at radius 2 is 1.12 bits per heavy atom. The van der Waals surface area contributed by atoms with Crippen LogP contribution in [0.2, 0.25) is 0 Å². The lowest BCUT2D eigenvalue weighted by atomic mass is 9.86. The number of ether oxygens (including phenoxy) is 5. The number of aliphatic hydroxyl groups is 2. The number of fused-ring (bicyclic) bond motifs is 10. The van der Waals surface area contributed by atoms with Crippen molar-refractivity contribution in [3.63, 3.8) is 0 Å². The molecule has 2 saturated heterocycles. The maximum Gasteiger partial charge on any atom is 0.411 e. The summed E-state index contributed by atoms with van der Waals surface area (Å²) in [6, 6.07) is 14.4. The van der Waals surface area contributed by atoms with Crippen LogP contribution in [0.1, 0.15) is 118 Å². The standard InChI is InChI=1S/C84H97F2N13O16/c1-14-50(43-98(10)27-23-93(24-28-98)37-55-53-31-69(111-12)63(85)35-65(53)91-73-57(55)39-96-67(73)33-61-59(77(96)104)45-113-79(106)83(61,109)15-2)18-17-47(4)87-75(102)48(5)88-71(100)41-95(81(108)115-82(7,8)9)42-72(101)89-49(6)76(103)90-52-21-19-51(20-22-52)44-99(11)29-25-94(26-30-99)38-56-54-32-70(112-13)64(86)36-66(54)92-74-58(56)40-97-68(74)34-62-60(78(97)105)46-114-80(107)84(62,110)16-3/h14,17-22,31-36,48-49,109-110H,1,15-16,23-30,37-46H2,2-13H3,(H2-2,87,88,89,90,100,101,102,103)/p+2/b47-17+,50-18+/t48-,49-,83-,84-/m0/s1. The van der Waals surface area contributed by atoms with Crippen LogP contribution in [-0.4, -0.2) is 213 Å². The molecule has 0 bridgehead atoms. The average Bonchev–Trinajstić information content (AvgIpc) is 1.59. The van der Waals surface area contributed by atoms with Crippen molar-refractivity contribution in [3.8, 4) is 34.3 Å². The highest BCUT2D eigenvalue weighted by Crippen LogP contribution is 2.45. The highest BCUT2D eigenvalue weighted by Gasteiger charge is 2.48. The number of halogens is 2. The third-order valence-electron chi connectivity index (χ3n) is 23.1. The number of allylic oxidation sites excluding steroid dienone is 3. The van der Waals surface area contributed by atoms with E-state index in [9.17, 15) is 53.4 Å². The largest absolute Gasteiger partial charge is 0.494 e. The number of rotatable bonds is 24. The number of esters is 2. The zero-order valence-corrected chi connectivity index (χ0v) is 66.9. The Balaban J connectivity index is 0.578. The van der Waals surface area contributed by atoms with Gasteiger partial charge in [-0.25, -0.2) is 33.1 Å². The molecule has 0 saturated carbocycles. The lowest BCUT2D eigenvalue weighted by molar-refractivity contribution is -0.926. The van der Waals surface area contributed by atoms with Crippen LogP contribution in [0, 0.1) is 11.6 Å². The summed E-state index contributed by atoms with van der Waals surface area (Å²) < 4.78 is 62.3. The number of nitrogens with zero attached hydrogens (tertiary/aromatic N) is 9. The molecule has 4 atom stereocenters. The molecule has 2 fully saturated rings. The van der Waals surface area contributed by atoms with Crippen LogP contribution in [0.15, 0.2) is 106 Å². The third-order valence-corrected chi connectivity index (χ3v) is 23.1. The van der Waals surface area contributed by atoms with Crippen molar-refractivity contribution in [2.75, 3.05) is 106 Å². The van der Waals surface area contributed by atoms with Crippen LogP contribution in [0.5, 0.6) is 11.5 Å². The van der Waals surface area contributed by atoms with Gasteiger partial charge in [-0.05, 0) is 108 Å². The number of hydrogen-bond donors (Lipinski definition) is 6. The molecule has 115 heavy (non-hydrogen) atoms. The first-order chi connectivity index (χ1) is 54.5. The number of anilines is 1. The molecule has 31 heteroatoms. The first-order valence-electron chi connectivity index (χ1n) is 38.6. The summed E-state index contributed by atoms with van der Waals surface area (Å²) >= 11 is 0. The number of benzene rings is 3. The van der Waals surface area contributed by atoms with E-state index >= 15 is 8.78 Å². The molecule has 7 aromatic rings. The van der Waals surface area contributed by atoms with Crippen LogP contribution in [0.4, 0.5) is 19.3 Å². The number of nitrogens with one attached hydrogen (secondary N) is 4. The molecule has 0 spiro atoms. The number of carbonyl (C=O) groups excluding carboxylic acids is 7. The van der Waals surface area contributed by atoms with E-state index in [1.165, 1.54) is 40.2 Å². The topological polar surface area (TPSA) is 334 Å². The van der Waals surface area contributed by atoms with Gasteiger partial charge in [0.2, 0.25) is 23.6 Å². The fourth-order valence-corrected chi connectivity index (χ4v) is 16.2. The molecular formula is C84H99F2N13O16+2. The molecular weight excluding hydrogens is 1480 g/mol. The lowest BCUT2D eigenvalue weighted by Crippen LogP contribution is -2.57. The number of methoxy groups -OCH3 is 2. The Morgan fingerprint density at radius 3 is 1.56 bits per heavy atom. The lowest BCUT2D eigenvalue weighted by Gasteiger charge is -2.42. The molecule has 3 aromatic carbocycles. The zero-order chi connectivity index (χ0) is 82.7. The van der Waals surface area contributed by atoms with Crippen LogP contribution >= 0.6 is 0 Å². The minimum Gasteiger partial charge on any atom is -0.494 e. The molecule has 29 nitrogen and oxygen atoms in total. The normalized spacial score (nSPS) is 19.4. The first-order valence-corrected chi connectivity index (χ1v) is 38.6. The van der Waals surface area contributed by atoms with Crippen molar-refractivity contribution in [2.24, 2.45) is 0 Å². The van der Waals surface area contributed by atoms with E-state index in [2.05, 4.69) is 51.7 Å². The van der Waals surface area contributed by atoms with Crippen molar-refractivity contribution in [1.29, 1.82) is 0 Å². The van der Waals surface area contributed by atoms with Gasteiger partial charge in [0.1, 0.15) is 57.1 Å². The van der Waals surface area contributed by atoms with Gasteiger partial charge in [0, 0.05) is 107 Å². The Hall–Kier alpha value is -11.1. The summed E-state index contributed by atoms with van der Waals surface area (Å²) in [6.45, 7) is 23.1. The number of piperazine rings is 2. The summed E-state index contributed by atoms with van der Waals surface area (Å²) in [6.07, 6.45) is 4.35. The Labute approximate surface area is 663 Å². The van der Waals surface area contributed by atoms with Crippen molar-refractivity contribution >= 4 is 69.2 Å². The summed E-state index contributed by atoms with van der Waals surface area (Å²) in [5.41, 5.74) is 3.50. The van der Waals surface area contributed by atoms with E-state index < -0.39 is 106 Å². The fourth-order valence-electron chi connectivity index (χ4n) is 16.2. The van der Waals surface area contributed by atoms with Gasteiger partial charge in [-0.2, -0.15) is 0 Å². The SMILES string of the molecule is C=C/C(=C\C=C(/C)NC(=O)[C@H](C)NC(=O)CN(CC(=O)N[C@@H](C)C(=O)Nc1ccc(C[N+]2(C)CCN(Cc3c4c(nc5cc(F)c(OC)cc35)-c3cc5c(c(=O)n3C4)COC(=O)[C@]5(O)CC)CC2)cc1)C(=O)OC(C)(C)C)C[N+]1(C)CCN(Cc2c3c(nc4cc(F)c(OC)cc24)-c2cc4c(c(=O)n2C3)COC(=O)[C@]4(O)CC)CC1. The molecule has 5 amide bonds. The van der Waals surface area contributed by atoms with Gasteiger partial charge in [-0.3, -0.25) is 43.5 Å². The number of hydrogen-bond acceptors (Lipinski definition) is 20. The van der Waals surface area contributed by atoms with Gasteiger partial charge in [-0.1, -0.05) is 44.7 Å². The summed E-state index contributed by atoms with van der Waals surface area (Å²) in [5.74, 6) is -5.41. The molecule has 6 aliphatic rings. The molecule has 13 rings (SSSR count). The second-order valence-corrected chi connectivity index (χ2v) is 32.4. The predicted molar refractivity (Wildman–Crippen MR) is 421 cm³/mol. The van der Waals surface area contributed by atoms with Gasteiger partial charge in [0.05, 0.1) is 113 Å². The number of likely N-dealkylation sites (N-methyl/N-ethyl adjacent to an activating group) is 2. The van der Waals surface area contributed by atoms with Gasteiger partial charge >= 0.3 is 18.0 Å². The average molecular weight is 1580 g/mol. The number of cyclic esters (lactones) is 2. The summed E-state index contributed by atoms with van der Waals surface area (Å²) in [5, 5.41) is 35.2.